The van der Waals surface area contributed by atoms with Crippen molar-refractivity contribution in [2.24, 2.45) is 0 Å². The summed E-state index contributed by atoms with van der Waals surface area (Å²) in [4.78, 5) is 12.9. The number of para-hydroxylation sites is 1. The average molecular weight is 430 g/mol. The van der Waals surface area contributed by atoms with E-state index in [1.54, 1.807) is 36.4 Å². The molecule has 30 heavy (non-hydrogen) atoms. The van der Waals surface area contributed by atoms with Gasteiger partial charge in [0.05, 0.1) is 10.6 Å². The molecule has 1 aliphatic heterocycles. The van der Waals surface area contributed by atoms with Gasteiger partial charge >= 0.3 is 0 Å². The van der Waals surface area contributed by atoms with Crippen LogP contribution in [0.4, 0.5) is 5.69 Å². The molecule has 0 saturated carbocycles. The second-order valence-electron chi connectivity index (χ2n) is 9.30. The Balaban J connectivity index is 1.73. The first kappa shape index (κ1) is 22.3. The molecule has 2 N–H and O–H groups in total. The zero-order valence-corrected chi connectivity index (χ0v) is 19.1. The Labute approximate surface area is 179 Å². The molecule has 2 aromatic carbocycles. The van der Waals surface area contributed by atoms with Crippen LogP contribution in [-0.4, -0.2) is 38.5 Å². The number of piperidine rings is 1. The summed E-state index contributed by atoms with van der Waals surface area (Å²) in [7, 11) is -2.18. The lowest BCUT2D eigenvalue weighted by Crippen LogP contribution is -2.62. The number of nitrogens with zero attached hydrogens (tertiary/aromatic N) is 1. The smallest absolute Gasteiger partial charge is 0.264 e. The molecule has 0 aromatic heterocycles. The summed E-state index contributed by atoms with van der Waals surface area (Å²) < 4.78 is 27.0. The van der Waals surface area contributed by atoms with E-state index in [1.807, 2.05) is 6.07 Å². The standard InChI is InChI=1S/C23H31N3O3S/c1-22(2)15-18(16-23(3,4)25-22)24-21(27)17-11-13-20(14-12-17)30(28,29)26(5)19-9-7-6-8-10-19/h6-14,18,25H,15-16H2,1-5H3,(H,24,27). The van der Waals surface area contributed by atoms with E-state index < -0.39 is 10.0 Å². The van der Waals surface area contributed by atoms with Crippen LogP contribution in [0.1, 0.15) is 50.9 Å². The minimum atomic E-state index is -3.70. The Kier molecular flexibility index (Phi) is 5.98. The first-order valence-corrected chi connectivity index (χ1v) is 11.6. The highest BCUT2D eigenvalue weighted by atomic mass is 32.2. The largest absolute Gasteiger partial charge is 0.349 e. The molecule has 6 nitrogen and oxygen atoms in total. The van der Waals surface area contributed by atoms with E-state index in [0.717, 1.165) is 12.8 Å². The fourth-order valence-corrected chi connectivity index (χ4v) is 5.60. The molecular weight excluding hydrogens is 398 g/mol. The van der Waals surface area contributed by atoms with E-state index in [0.29, 0.717) is 11.3 Å². The van der Waals surface area contributed by atoms with Gasteiger partial charge in [0, 0.05) is 29.7 Å². The maximum absolute atomic E-state index is 12.9. The number of hydrogen-bond donors (Lipinski definition) is 2. The molecule has 162 valence electrons. The Hall–Kier alpha value is -2.38. The number of carbonyl (C=O) groups excluding carboxylic acids is 1. The van der Waals surface area contributed by atoms with Crippen molar-refractivity contribution in [2.75, 3.05) is 11.4 Å². The third-order valence-electron chi connectivity index (χ3n) is 5.42. The van der Waals surface area contributed by atoms with Crippen molar-refractivity contribution in [1.82, 2.24) is 10.6 Å². The highest BCUT2D eigenvalue weighted by Gasteiger charge is 2.38. The van der Waals surface area contributed by atoms with Gasteiger partial charge in [0.15, 0.2) is 0 Å². The molecule has 1 saturated heterocycles. The van der Waals surface area contributed by atoms with Crippen molar-refractivity contribution >= 4 is 21.6 Å². The molecule has 0 radical (unpaired) electrons. The second kappa shape index (κ2) is 8.04. The number of sulfonamides is 1. The van der Waals surface area contributed by atoms with Gasteiger partial charge in [-0.3, -0.25) is 9.10 Å². The van der Waals surface area contributed by atoms with Crippen LogP contribution in [0.5, 0.6) is 0 Å². The van der Waals surface area contributed by atoms with E-state index in [1.165, 1.54) is 23.5 Å². The van der Waals surface area contributed by atoms with Crippen LogP contribution in [-0.2, 0) is 10.0 Å². The van der Waals surface area contributed by atoms with Gasteiger partial charge in [-0.2, -0.15) is 0 Å². The second-order valence-corrected chi connectivity index (χ2v) is 11.3. The maximum Gasteiger partial charge on any atom is 0.264 e. The van der Waals surface area contributed by atoms with Gasteiger partial charge < -0.3 is 10.6 Å². The van der Waals surface area contributed by atoms with Crippen LogP contribution in [0, 0.1) is 0 Å². The first-order valence-electron chi connectivity index (χ1n) is 10.1. The van der Waals surface area contributed by atoms with E-state index in [2.05, 4.69) is 38.3 Å². The monoisotopic (exact) mass is 429 g/mol. The molecule has 7 heteroatoms. The summed E-state index contributed by atoms with van der Waals surface area (Å²) in [5.41, 5.74) is 0.889. The highest BCUT2D eigenvalue weighted by Crippen LogP contribution is 2.29. The van der Waals surface area contributed by atoms with Crippen LogP contribution >= 0.6 is 0 Å². The predicted molar refractivity (Wildman–Crippen MR) is 120 cm³/mol. The number of anilines is 1. The maximum atomic E-state index is 12.9. The predicted octanol–water partition coefficient (Wildman–Crippen LogP) is 3.55. The quantitative estimate of drug-likeness (QED) is 0.762. The van der Waals surface area contributed by atoms with Gasteiger partial charge in [-0.25, -0.2) is 8.42 Å². The molecule has 0 aliphatic carbocycles. The zero-order chi connectivity index (χ0) is 22.2. The van der Waals surface area contributed by atoms with Gasteiger partial charge in [0.25, 0.3) is 15.9 Å². The summed E-state index contributed by atoms with van der Waals surface area (Å²) in [5.74, 6) is -0.186. The fourth-order valence-electron chi connectivity index (χ4n) is 4.41. The number of rotatable bonds is 5. The molecule has 0 spiro atoms. The molecule has 2 aromatic rings. The van der Waals surface area contributed by atoms with Crippen molar-refractivity contribution in [2.45, 2.75) is 62.6 Å². The highest BCUT2D eigenvalue weighted by molar-refractivity contribution is 7.92. The number of hydrogen-bond acceptors (Lipinski definition) is 4. The third kappa shape index (κ3) is 5.02. The fraction of sp³-hybridized carbons (Fsp3) is 0.435. The number of benzene rings is 2. The molecule has 1 amide bonds. The summed E-state index contributed by atoms with van der Waals surface area (Å²) in [6.45, 7) is 8.54. The average Bonchev–Trinajstić information content (AvgIpc) is 2.65. The molecule has 1 heterocycles. The van der Waals surface area contributed by atoms with Crippen LogP contribution in [0.25, 0.3) is 0 Å². The summed E-state index contributed by atoms with van der Waals surface area (Å²) in [6, 6.07) is 15.1. The van der Waals surface area contributed by atoms with Gasteiger partial charge in [-0.05, 0) is 76.9 Å². The topological polar surface area (TPSA) is 78.5 Å². The van der Waals surface area contributed by atoms with Gasteiger partial charge in [-0.1, -0.05) is 18.2 Å². The van der Waals surface area contributed by atoms with E-state index in [-0.39, 0.29) is 27.9 Å². The van der Waals surface area contributed by atoms with Crippen LogP contribution in [0.3, 0.4) is 0 Å². The normalized spacial score (nSPS) is 18.6. The van der Waals surface area contributed by atoms with E-state index >= 15 is 0 Å². The molecule has 1 aliphatic rings. The first-order chi connectivity index (χ1) is 13.9. The van der Waals surface area contributed by atoms with Crippen molar-refractivity contribution in [3.8, 4) is 0 Å². The lowest BCUT2D eigenvalue weighted by molar-refractivity contribution is 0.0873. The summed E-state index contributed by atoms with van der Waals surface area (Å²) >= 11 is 0. The molecule has 3 rings (SSSR count). The zero-order valence-electron chi connectivity index (χ0n) is 18.3. The minimum Gasteiger partial charge on any atom is -0.349 e. The van der Waals surface area contributed by atoms with Gasteiger partial charge in [-0.15, -0.1) is 0 Å². The number of amides is 1. The molecule has 0 atom stereocenters. The molecule has 0 unspecified atom stereocenters. The SMILES string of the molecule is CN(c1ccccc1)S(=O)(=O)c1ccc(C(=O)NC2CC(C)(C)NC(C)(C)C2)cc1. The molecule has 0 bridgehead atoms. The Morgan fingerprint density at radius 3 is 2.03 bits per heavy atom. The number of carbonyl (C=O) groups is 1. The third-order valence-corrected chi connectivity index (χ3v) is 7.22. The van der Waals surface area contributed by atoms with Crippen LogP contribution < -0.4 is 14.9 Å². The van der Waals surface area contributed by atoms with Crippen molar-refractivity contribution in [3.05, 3.63) is 60.2 Å². The van der Waals surface area contributed by atoms with Crippen molar-refractivity contribution in [1.29, 1.82) is 0 Å². The van der Waals surface area contributed by atoms with Crippen molar-refractivity contribution in [3.63, 3.8) is 0 Å². The lowest BCUT2D eigenvalue weighted by Gasteiger charge is -2.46. The molecular formula is C23H31N3O3S. The van der Waals surface area contributed by atoms with E-state index in [4.69, 9.17) is 0 Å². The van der Waals surface area contributed by atoms with Gasteiger partial charge in [0.2, 0.25) is 0 Å². The summed E-state index contributed by atoms with van der Waals surface area (Å²) in [6.07, 6.45) is 1.66. The van der Waals surface area contributed by atoms with E-state index in [9.17, 15) is 13.2 Å². The molecule has 1 fully saturated rings. The van der Waals surface area contributed by atoms with Gasteiger partial charge in [0.1, 0.15) is 0 Å². The van der Waals surface area contributed by atoms with Crippen LogP contribution in [0.15, 0.2) is 59.5 Å². The Morgan fingerprint density at radius 2 is 1.50 bits per heavy atom. The summed E-state index contributed by atoms with van der Waals surface area (Å²) in [5, 5.41) is 6.71. The Bertz CT molecular complexity index is 984. The lowest BCUT2D eigenvalue weighted by atomic mass is 9.79. The van der Waals surface area contributed by atoms with Crippen LogP contribution in [0.2, 0.25) is 0 Å². The Morgan fingerprint density at radius 1 is 0.967 bits per heavy atom. The van der Waals surface area contributed by atoms with Crippen molar-refractivity contribution < 1.29 is 13.2 Å². The minimum absolute atomic E-state index is 0.0522. The number of nitrogens with one attached hydrogen (secondary N) is 2.